The zero-order chi connectivity index (χ0) is 12.4. The fourth-order valence-corrected chi connectivity index (χ4v) is 2.12. The number of halogens is 1. The molecule has 0 fully saturated rings. The highest BCUT2D eigenvalue weighted by Crippen LogP contribution is 2.36. The molecule has 1 heterocycles. The standard InChI is InChI=1S/C12H13BFNO2/c1-13(7-15)5-11-12-8(10(16)6-17-11)3-2-4-9(12)14/h2-4,10-11,16H,5-6H2,1H3. The molecule has 0 saturated carbocycles. The molecule has 0 saturated heterocycles. The van der Waals surface area contributed by atoms with E-state index in [0.29, 0.717) is 17.4 Å². The van der Waals surface area contributed by atoms with E-state index in [1.165, 1.54) is 6.07 Å². The van der Waals surface area contributed by atoms with Crippen LogP contribution in [-0.2, 0) is 4.74 Å². The maximum absolute atomic E-state index is 13.8. The second kappa shape index (κ2) is 4.86. The molecule has 3 nitrogen and oxygen atoms in total. The van der Waals surface area contributed by atoms with Gasteiger partial charge in [-0.1, -0.05) is 19.0 Å². The minimum atomic E-state index is -0.783. The van der Waals surface area contributed by atoms with Crippen LogP contribution < -0.4 is 0 Å². The normalized spacial score (nSPS) is 22.7. The monoisotopic (exact) mass is 233 g/mol. The summed E-state index contributed by atoms with van der Waals surface area (Å²) in [6, 6.07) is 4.63. The van der Waals surface area contributed by atoms with Gasteiger partial charge in [0, 0.05) is 11.5 Å². The quantitative estimate of drug-likeness (QED) is 0.796. The predicted octanol–water partition coefficient (Wildman–Crippen LogP) is 2.12. The predicted molar refractivity (Wildman–Crippen MR) is 62.1 cm³/mol. The van der Waals surface area contributed by atoms with Crippen molar-refractivity contribution in [2.24, 2.45) is 0 Å². The average Bonchev–Trinajstić information content (AvgIpc) is 2.33. The third kappa shape index (κ3) is 2.33. The first-order valence-electron chi connectivity index (χ1n) is 5.61. The molecule has 1 N–H and O–H groups in total. The maximum Gasteiger partial charge on any atom is 0.267 e. The minimum absolute atomic E-state index is 0.152. The molecule has 0 radical (unpaired) electrons. The van der Waals surface area contributed by atoms with Crippen LogP contribution in [0.4, 0.5) is 4.39 Å². The first kappa shape index (κ1) is 12.1. The molecule has 1 aliphatic heterocycles. The van der Waals surface area contributed by atoms with Crippen LogP contribution in [-0.4, -0.2) is 18.4 Å². The van der Waals surface area contributed by atoms with Crippen LogP contribution in [0.25, 0.3) is 0 Å². The van der Waals surface area contributed by atoms with Crippen molar-refractivity contribution in [3.63, 3.8) is 0 Å². The van der Waals surface area contributed by atoms with Crippen LogP contribution in [0.15, 0.2) is 18.2 Å². The largest absolute Gasteiger partial charge is 0.386 e. The zero-order valence-corrected chi connectivity index (χ0v) is 9.56. The van der Waals surface area contributed by atoms with Gasteiger partial charge in [-0.15, -0.1) is 0 Å². The van der Waals surface area contributed by atoms with E-state index >= 15 is 0 Å². The van der Waals surface area contributed by atoms with E-state index in [-0.39, 0.29) is 19.1 Å². The smallest absolute Gasteiger partial charge is 0.267 e. The van der Waals surface area contributed by atoms with E-state index in [2.05, 4.69) is 5.97 Å². The number of nitrogens with zero attached hydrogens (tertiary/aromatic N) is 1. The van der Waals surface area contributed by atoms with Gasteiger partial charge in [-0.05, 0) is 17.9 Å². The summed E-state index contributed by atoms with van der Waals surface area (Å²) in [6.45, 7) is 1.72. The van der Waals surface area contributed by atoms with Crippen LogP contribution in [0.5, 0.6) is 0 Å². The Kier molecular flexibility index (Phi) is 3.46. The number of aliphatic hydroxyl groups is 1. The number of nitriles is 1. The number of hydrogen-bond acceptors (Lipinski definition) is 3. The molecule has 1 aromatic carbocycles. The van der Waals surface area contributed by atoms with Gasteiger partial charge in [0.15, 0.2) is 0 Å². The van der Waals surface area contributed by atoms with Gasteiger partial charge in [-0.25, -0.2) is 9.65 Å². The summed E-state index contributed by atoms with van der Waals surface area (Å²) in [5.74, 6) is 1.73. The highest BCUT2D eigenvalue weighted by Gasteiger charge is 2.31. The van der Waals surface area contributed by atoms with Crippen LogP contribution in [0.2, 0.25) is 13.1 Å². The van der Waals surface area contributed by atoms with Gasteiger partial charge < -0.3 is 9.84 Å². The summed E-state index contributed by atoms with van der Waals surface area (Å²) < 4.78 is 19.2. The lowest BCUT2D eigenvalue weighted by Crippen LogP contribution is -2.25. The highest BCUT2D eigenvalue weighted by molar-refractivity contribution is 6.65. The second-order valence-electron chi connectivity index (χ2n) is 4.35. The SMILES string of the molecule is CB(C#N)CC1OCC(O)c2cccc(F)c21. The molecule has 1 aliphatic rings. The molecule has 88 valence electrons. The maximum atomic E-state index is 13.8. The number of rotatable bonds is 2. The third-order valence-corrected chi connectivity index (χ3v) is 3.01. The summed E-state index contributed by atoms with van der Waals surface area (Å²) in [5, 5.41) is 18.5. The van der Waals surface area contributed by atoms with Crippen LogP contribution >= 0.6 is 0 Å². The summed E-state index contributed by atoms with van der Waals surface area (Å²) >= 11 is 0. The van der Waals surface area contributed by atoms with Gasteiger partial charge >= 0.3 is 0 Å². The Hall–Kier alpha value is -1.38. The van der Waals surface area contributed by atoms with E-state index in [9.17, 15) is 9.50 Å². The highest BCUT2D eigenvalue weighted by atomic mass is 19.1. The van der Waals surface area contributed by atoms with Crippen LogP contribution in [0.1, 0.15) is 23.3 Å². The van der Waals surface area contributed by atoms with Crippen molar-refractivity contribution < 1.29 is 14.2 Å². The number of fused-ring (bicyclic) bond motifs is 1. The lowest BCUT2D eigenvalue weighted by atomic mass is 9.49. The van der Waals surface area contributed by atoms with E-state index in [4.69, 9.17) is 10.00 Å². The minimum Gasteiger partial charge on any atom is -0.386 e. The van der Waals surface area contributed by atoms with Crippen LogP contribution in [0.3, 0.4) is 0 Å². The molecule has 0 aliphatic carbocycles. The van der Waals surface area contributed by atoms with Crippen LogP contribution in [0, 0.1) is 17.0 Å². The average molecular weight is 233 g/mol. The molecule has 0 aromatic heterocycles. The fraction of sp³-hybridized carbons (Fsp3) is 0.417. The first-order valence-corrected chi connectivity index (χ1v) is 5.61. The molecule has 1 aromatic rings. The Morgan fingerprint density at radius 1 is 1.65 bits per heavy atom. The van der Waals surface area contributed by atoms with Crippen molar-refractivity contribution in [1.82, 2.24) is 0 Å². The molecular formula is C12H13BFNO2. The lowest BCUT2D eigenvalue weighted by molar-refractivity contribution is -0.0244. The summed E-state index contributed by atoms with van der Waals surface area (Å²) in [7, 11) is 0. The van der Waals surface area contributed by atoms with Gasteiger partial charge in [0.1, 0.15) is 11.9 Å². The molecule has 17 heavy (non-hydrogen) atoms. The van der Waals surface area contributed by atoms with Gasteiger partial charge in [0.05, 0.1) is 12.7 Å². The lowest BCUT2D eigenvalue weighted by Gasteiger charge is -2.29. The van der Waals surface area contributed by atoms with E-state index in [1.807, 2.05) is 0 Å². The molecule has 2 rings (SSSR count). The van der Waals surface area contributed by atoms with Gasteiger partial charge in [0.25, 0.3) is 6.71 Å². The van der Waals surface area contributed by atoms with Crippen molar-refractivity contribution in [1.29, 1.82) is 5.26 Å². The third-order valence-electron chi connectivity index (χ3n) is 3.01. The molecule has 0 spiro atoms. The Morgan fingerprint density at radius 3 is 3.12 bits per heavy atom. The first-order chi connectivity index (χ1) is 8.13. The fourth-order valence-electron chi connectivity index (χ4n) is 2.12. The Balaban J connectivity index is 2.35. The van der Waals surface area contributed by atoms with Crippen molar-refractivity contribution in [2.45, 2.75) is 25.4 Å². The molecule has 0 amide bonds. The number of ether oxygens (including phenoxy) is 1. The van der Waals surface area contributed by atoms with Gasteiger partial charge in [0.2, 0.25) is 0 Å². The summed E-state index contributed by atoms with van der Waals surface area (Å²) in [4.78, 5) is 0. The number of hydrogen-bond donors (Lipinski definition) is 1. The van der Waals surface area contributed by atoms with Crippen molar-refractivity contribution in [2.75, 3.05) is 6.61 Å². The van der Waals surface area contributed by atoms with Crippen molar-refractivity contribution in [3.8, 4) is 5.97 Å². The number of aliphatic hydroxyl groups excluding tert-OH is 1. The molecule has 0 bridgehead atoms. The number of benzene rings is 1. The zero-order valence-electron chi connectivity index (χ0n) is 9.56. The van der Waals surface area contributed by atoms with Gasteiger partial charge in [-0.3, -0.25) is 0 Å². The van der Waals surface area contributed by atoms with E-state index in [0.717, 1.165) is 0 Å². The Morgan fingerprint density at radius 2 is 2.41 bits per heavy atom. The molecule has 2 atom stereocenters. The Bertz CT molecular complexity index is 460. The molecular weight excluding hydrogens is 220 g/mol. The van der Waals surface area contributed by atoms with Crippen molar-refractivity contribution >= 4 is 6.71 Å². The summed E-state index contributed by atoms with van der Waals surface area (Å²) in [5.41, 5.74) is 0.972. The van der Waals surface area contributed by atoms with Crippen molar-refractivity contribution in [3.05, 3.63) is 35.1 Å². The molecule has 5 heteroatoms. The molecule has 2 unspecified atom stereocenters. The second-order valence-corrected chi connectivity index (χ2v) is 4.35. The summed E-state index contributed by atoms with van der Waals surface area (Å²) in [6.07, 6.45) is -0.782. The van der Waals surface area contributed by atoms with E-state index < -0.39 is 12.2 Å². The topological polar surface area (TPSA) is 53.2 Å². The Labute approximate surface area is 99.9 Å². The van der Waals surface area contributed by atoms with Gasteiger partial charge in [-0.2, -0.15) is 0 Å². The van der Waals surface area contributed by atoms with E-state index in [1.54, 1.807) is 19.0 Å².